The number of hydrogen-bond donors (Lipinski definition) is 1. The summed E-state index contributed by atoms with van der Waals surface area (Å²) in [5, 5.41) is 8.90. The molecule has 0 fully saturated rings. The predicted molar refractivity (Wildman–Crippen MR) is 76.7 cm³/mol. The van der Waals surface area contributed by atoms with Crippen molar-refractivity contribution in [1.29, 1.82) is 5.26 Å². The van der Waals surface area contributed by atoms with Gasteiger partial charge in [-0.3, -0.25) is 0 Å². The maximum atomic E-state index is 8.90. The van der Waals surface area contributed by atoms with Gasteiger partial charge in [0.25, 0.3) is 0 Å². The summed E-state index contributed by atoms with van der Waals surface area (Å²) in [7, 11) is 0. The lowest BCUT2D eigenvalue weighted by molar-refractivity contribution is 0.476. The van der Waals surface area contributed by atoms with Gasteiger partial charge in [-0.05, 0) is 23.8 Å². The zero-order valence-corrected chi connectivity index (χ0v) is 11.4. The maximum Gasteiger partial charge on any atom is 0.124 e. The van der Waals surface area contributed by atoms with Gasteiger partial charge in [-0.2, -0.15) is 17.9 Å². The number of nitrogens with zero attached hydrogens (tertiary/aromatic N) is 3. The highest BCUT2D eigenvalue weighted by atomic mass is 32.1. The Morgan fingerprint density at radius 3 is 2.89 bits per heavy atom. The zero-order chi connectivity index (χ0) is 13.0. The van der Waals surface area contributed by atoms with Crippen LogP contribution in [0.1, 0.15) is 19.2 Å². The van der Waals surface area contributed by atoms with Gasteiger partial charge in [0.05, 0.1) is 23.5 Å². The van der Waals surface area contributed by atoms with Crippen molar-refractivity contribution in [2.75, 3.05) is 5.75 Å². The van der Waals surface area contributed by atoms with E-state index in [1.165, 1.54) is 0 Å². The van der Waals surface area contributed by atoms with Crippen LogP contribution in [0.4, 0.5) is 0 Å². The molecule has 1 unspecified atom stereocenters. The minimum atomic E-state index is 0.359. The number of benzene rings is 1. The lowest BCUT2D eigenvalue weighted by atomic mass is 10.1. The van der Waals surface area contributed by atoms with E-state index >= 15 is 0 Å². The molecule has 0 spiro atoms. The van der Waals surface area contributed by atoms with E-state index in [1.807, 2.05) is 18.2 Å². The molecule has 1 aromatic heterocycles. The van der Waals surface area contributed by atoms with Crippen molar-refractivity contribution in [3.8, 4) is 6.07 Å². The first-order chi connectivity index (χ1) is 8.80. The molecule has 0 aliphatic heterocycles. The number of rotatable bonds is 5. The molecular weight excluding hydrogens is 242 g/mol. The van der Waals surface area contributed by atoms with Crippen LogP contribution >= 0.6 is 12.6 Å². The Hall–Kier alpha value is -1.47. The molecule has 1 atom stereocenters. The number of aromatic nitrogens is 2. The van der Waals surface area contributed by atoms with Crippen LogP contribution < -0.4 is 0 Å². The fraction of sp³-hybridized carbons (Fsp3) is 0.429. The molecule has 0 bridgehead atoms. The number of fused-ring (bicyclic) bond motifs is 1. The molecule has 0 amide bonds. The van der Waals surface area contributed by atoms with E-state index in [0.29, 0.717) is 12.3 Å². The van der Waals surface area contributed by atoms with Crippen LogP contribution in [-0.4, -0.2) is 15.3 Å². The summed E-state index contributed by atoms with van der Waals surface area (Å²) in [6.07, 6.45) is 1.44. The molecule has 2 rings (SSSR count). The fourth-order valence-electron chi connectivity index (χ4n) is 2.11. The number of para-hydroxylation sites is 2. The molecule has 3 nitrogen and oxygen atoms in total. The Bertz CT molecular complexity index is 564. The molecule has 18 heavy (non-hydrogen) atoms. The standard InChI is InChI=1S/C14H17N3S/c1-2-11(10-18)9-17-13-6-4-3-5-12(13)16-14(17)7-8-15/h3-6,11,18H,2,7,9-10H2,1H3. The summed E-state index contributed by atoms with van der Waals surface area (Å²) in [4.78, 5) is 4.54. The van der Waals surface area contributed by atoms with E-state index in [9.17, 15) is 0 Å². The van der Waals surface area contributed by atoms with E-state index in [2.05, 4.69) is 41.2 Å². The molecule has 1 heterocycles. The van der Waals surface area contributed by atoms with Crippen LogP contribution in [0.25, 0.3) is 11.0 Å². The second kappa shape index (κ2) is 5.92. The molecule has 0 saturated heterocycles. The van der Waals surface area contributed by atoms with Gasteiger partial charge in [0, 0.05) is 6.54 Å². The van der Waals surface area contributed by atoms with Gasteiger partial charge < -0.3 is 4.57 Å². The van der Waals surface area contributed by atoms with Crippen LogP contribution in [0.15, 0.2) is 24.3 Å². The van der Waals surface area contributed by atoms with E-state index in [1.54, 1.807) is 0 Å². The third kappa shape index (κ3) is 2.51. The zero-order valence-electron chi connectivity index (χ0n) is 10.5. The van der Waals surface area contributed by atoms with Crippen LogP contribution in [0, 0.1) is 17.2 Å². The average molecular weight is 259 g/mol. The number of imidazole rings is 1. The molecule has 94 valence electrons. The summed E-state index contributed by atoms with van der Waals surface area (Å²) in [5.41, 5.74) is 2.08. The molecule has 0 aliphatic carbocycles. The van der Waals surface area contributed by atoms with Crippen molar-refractivity contribution >= 4 is 23.7 Å². The smallest absolute Gasteiger partial charge is 0.124 e. The summed E-state index contributed by atoms with van der Waals surface area (Å²) in [5.74, 6) is 2.23. The lowest BCUT2D eigenvalue weighted by Crippen LogP contribution is -2.13. The Labute approximate surface area is 113 Å². The minimum Gasteiger partial charge on any atom is -0.327 e. The largest absolute Gasteiger partial charge is 0.327 e. The van der Waals surface area contributed by atoms with Gasteiger partial charge in [-0.25, -0.2) is 4.98 Å². The molecular formula is C14H17N3S. The van der Waals surface area contributed by atoms with E-state index in [4.69, 9.17) is 5.26 Å². The normalized spacial score (nSPS) is 12.5. The number of hydrogen-bond acceptors (Lipinski definition) is 3. The molecule has 4 heteroatoms. The maximum absolute atomic E-state index is 8.90. The molecule has 0 radical (unpaired) electrons. The van der Waals surface area contributed by atoms with Crippen molar-refractivity contribution < 1.29 is 0 Å². The van der Waals surface area contributed by atoms with Crippen molar-refractivity contribution in [2.24, 2.45) is 5.92 Å². The number of thiol groups is 1. The van der Waals surface area contributed by atoms with E-state index < -0.39 is 0 Å². The lowest BCUT2D eigenvalue weighted by Gasteiger charge is -2.15. The Balaban J connectivity index is 2.45. The third-order valence-electron chi connectivity index (χ3n) is 3.25. The minimum absolute atomic E-state index is 0.359. The average Bonchev–Trinajstić information content (AvgIpc) is 2.74. The number of nitriles is 1. The van der Waals surface area contributed by atoms with Crippen molar-refractivity contribution in [2.45, 2.75) is 26.3 Å². The summed E-state index contributed by atoms with van der Waals surface area (Å²) in [6.45, 7) is 3.06. The van der Waals surface area contributed by atoms with Crippen LogP contribution in [0.2, 0.25) is 0 Å². The molecule has 2 aromatic rings. The topological polar surface area (TPSA) is 41.6 Å². The van der Waals surface area contributed by atoms with E-state index in [0.717, 1.165) is 35.6 Å². The molecule has 1 aromatic carbocycles. The molecule has 0 saturated carbocycles. The summed E-state index contributed by atoms with van der Waals surface area (Å²) in [6, 6.07) is 10.2. The van der Waals surface area contributed by atoms with Crippen LogP contribution in [0.3, 0.4) is 0 Å². The quantitative estimate of drug-likeness (QED) is 0.838. The van der Waals surface area contributed by atoms with Gasteiger partial charge in [0.2, 0.25) is 0 Å². The summed E-state index contributed by atoms with van der Waals surface area (Å²) < 4.78 is 2.17. The van der Waals surface area contributed by atoms with Gasteiger partial charge in [0.1, 0.15) is 5.82 Å². The van der Waals surface area contributed by atoms with Gasteiger partial charge >= 0.3 is 0 Å². The highest BCUT2D eigenvalue weighted by molar-refractivity contribution is 7.80. The molecule has 0 aliphatic rings. The SMILES string of the molecule is CCC(CS)Cn1c(CC#N)nc2ccccc21. The van der Waals surface area contributed by atoms with Crippen molar-refractivity contribution in [3.05, 3.63) is 30.1 Å². The highest BCUT2D eigenvalue weighted by Crippen LogP contribution is 2.19. The van der Waals surface area contributed by atoms with Gasteiger partial charge in [-0.1, -0.05) is 25.5 Å². The summed E-state index contributed by atoms with van der Waals surface area (Å²) >= 11 is 4.39. The first-order valence-electron chi connectivity index (χ1n) is 6.22. The molecule has 0 N–H and O–H groups in total. The third-order valence-corrected chi connectivity index (χ3v) is 3.76. The Morgan fingerprint density at radius 1 is 1.44 bits per heavy atom. The second-order valence-corrected chi connectivity index (χ2v) is 4.78. The first kappa shape index (κ1) is 13.0. The van der Waals surface area contributed by atoms with Crippen LogP contribution in [-0.2, 0) is 13.0 Å². The van der Waals surface area contributed by atoms with Gasteiger partial charge in [-0.15, -0.1) is 0 Å². The Kier molecular flexibility index (Phi) is 4.27. The predicted octanol–water partition coefficient (Wildman–Crippen LogP) is 3.06. The second-order valence-electron chi connectivity index (χ2n) is 4.42. The highest BCUT2D eigenvalue weighted by Gasteiger charge is 2.13. The van der Waals surface area contributed by atoms with Crippen molar-refractivity contribution in [3.63, 3.8) is 0 Å². The van der Waals surface area contributed by atoms with Crippen molar-refractivity contribution in [1.82, 2.24) is 9.55 Å². The van der Waals surface area contributed by atoms with Gasteiger partial charge in [0.15, 0.2) is 0 Å². The van der Waals surface area contributed by atoms with E-state index in [-0.39, 0.29) is 0 Å². The first-order valence-corrected chi connectivity index (χ1v) is 6.85. The monoisotopic (exact) mass is 259 g/mol. The Morgan fingerprint density at radius 2 is 2.22 bits per heavy atom. The fourth-order valence-corrected chi connectivity index (χ4v) is 2.48. The van der Waals surface area contributed by atoms with Crippen LogP contribution in [0.5, 0.6) is 0 Å².